The van der Waals surface area contributed by atoms with Crippen LogP contribution in [0.1, 0.15) is 34.8 Å². The average Bonchev–Trinajstić information content (AvgIpc) is 3.37. The van der Waals surface area contributed by atoms with Gasteiger partial charge in [0.15, 0.2) is 0 Å². The van der Waals surface area contributed by atoms with Crippen molar-refractivity contribution in [3.05, 3.63) is 41.3 Å². The van der Waals surface area contributed by atoms with E-state index in [-0.39, 0.29) is 19.1 Å². The van der Waals surface area contributed by atoms with E-state index in [1.54, 1.807) is 12.1 Å². The maximum absolute atomic E-state index is 13.5. The Morgan fingerprint density at radius 1 is 1.48 bits per heavy atom. The van der Waals surface area contributed by atoms with Crippen LogP contribution in [0.25, 0.3) is 10.9 Å². The highest BCUT2D eigenvalue weighted by atomic mass is 19.1. The summed E-state index contributed by atoms with van der Waals surface area (Å²) >= 11 is 0. The minimum atomic E-state index is -0.781. The third kappa shape index (κ3) is 3.65. The molecule has 1 atom stereocenters. The van der Waals surface area contributed by atoms with Crippen molar-refractivity contribution in [1.82, 2.24) is 10.3 Å². The van der Waals surface area contributed by atoms with Crippen molar-refractivity contribution in [3.63, 3.8) is 0 Å². The van der Waals surface area contributed by atoms with Gasteiger partial charge in [0.1, 0.15) is 5.82 Å². The number of nitrogens with one attached hydrogen (secondary N) is 1. The van der Waals surface area contributed by atoms with E-state index in [9.17, 15) is 14.3 Å². The first kappa shape index (κ1) is 15.8. The van der Waals surface area contributed by atoms with Crippen molar-refractivity contribution in [2.24, 2.45) is 0 Å². The summed E-state index contributed by atoms with van der Waals surface area (Å²) in [6, 6.07) is 5.99. The van der Waals surface area contributed by atoms with Crippen molar-refractivity contribution in [2.45, 2.75) is 24.9 Å². The fourth-order valence-electron chi connectivity index (χ4n) is 2.55. The summed E-state index contributed by atoms with van der Waals surface area (Å²) in [5.74, 6) is -0.373. The number of fused-ring (bicyclic) bond motifs is 1. The van der Waals surface area contributed by atoms with Gasteiger partial charge in [0, 0.05) is 30.7 Å². The zero-order chi connectivity index (χ0) is 16.4. The molecule has 0 radical (unpaired) electrons. The van der Waals surface area contributed by atoms with Gasteiger partial charge >= 0.3 is 0 Å². The van der Waals surface area contributed by atoms with Crippen LogP contribution in [0.4, 0.5) is 4.39 Å². The summed E-state index contributed by atoms with van der Waals surface area (Å²) in [7, 11) is 1.48. The van der Waals surface area contributed by atoms with Crippen molar-refractivity contribution in [3.8, 4) is 0 Å². The van der Waals surface area contributed by atoms with Crippen molar-refractivity contribution >= 4 is 16.8 Å². The molecule has 6 heteroatoms. The van der Waals surface area contributed by atoms with E-state index in [1.165, 1.54) is 19.2 Å². The molecule has 0 aliphatic heterocycles. The van der Waals surface area contributed by atoms with Gasteiger partial charge in [-0.3, -0.25) is 9.78 Å². The second kappa shape index (κ2) is 6.60. The molecule has 0 bridgehead atoms. The maximum Gasteiger partial charge on any atom is 0.252 e. The largest absolute Gasteiger partial charge is 0.389 e. The number of hydrogen-bond acceptors (Lipinski definition) is 4. The number of nitrogens with zero attached hydrogens (tertiary/aromatic N) is 1. The molecule has 5 nitrogen and oxygen atoms in total. The Morgan fingerprint density at radius 2 is 2.26 bits per heavy atom. The zero-order valence-corrected chi connectivity index (χ0v) is 12.9. The van der Waals surface area contributed by atoms with E-state index in [4.69, 9.17) is 4.74 Å². The SMILES string of the molecule is COCC(O)CNC(=O)c1cc(C2CC2)nc2ccc(F)cc12. The number of pyridine rings is 1. The first-order valence-corrected chi connectivity index (χ1v) is 7.64. The number of rotatable bonds is 6. The highest BCUT2D eigenvalue weighted by molar-refractivity contribution is 6.06. The molecule has 0 saturated heterocycles. The first-order valence-electron chi connectivity index (χ1n) is 7.64. The molecular weight excluding hydrogens is 299 g/mol. The van der Waals surface area contributed by atoms with Gasteiger partial charge in [-0.15, -0.1) is 0 Å². The molecule has 1 aromatic carbocycles. The highest BCUT2D eigenvalue weighted by Crippen LogP contribution is 2.40. The number of ether oxygens (including phenoxy) is 1. The molecule has 0 spiro atoms. The zero-order valence-electron chi connectivity index (χ0n) is 12.9. The topological polar surface area (TPSA) is 71.5 Å². The molecule has 1 amide bonds. The Kier molecular flexibility index (Phi) is 4.54. The molecule has 3 rings (SSSR count). The van der Waals surface area contributed by atoms with Crippen LogP contribution in [0, 0.1) is 5.82 Å². The van der Waals surface area contributed by atoms with E-state index in [1.807, 2.05) is 0 Å². The predicted octanol–water partition coefficient (Wildman–Crippen LogP) is 1.99. The molecule has 1 fully saturated rings. The number of halogens is 1. The monoisotopic (exact) mass is 318 g/mol. The summed E-state index contributed by atoms with van der Waals surface area (Å²) in [5, 5.41) is 12.8. The van der Waals surface area contributed by atoms with Gasteiger partial charge in [-0.2, -0.15) is 0 Å². The predicted molar refractivity (Wildman–Crippen MR) is 83.9 cm³/mol. The number of hydrogen-bond donors (Lipinski definition) is 2. The minimum absolute atomic E-state index is 0.0740. The smallest absolute Gasteiger partial charge is 0.252 e. The number of carbonyl (C=O) groups excluding carboxylic acids is 1. The Hall–Kier alpha value is -2.05. The van der Waals surface area contributed by atoms with Gasteiger partial charge in [0.25, 0.3) is 5.91 Å². The van der Waals surface area contributed by atoms with Crippen LogP contribution in [-0.2, 0) is 4.74 Å². The normalized spacial score (nSPS) is 15.6. The molecule has 23 heavy (non-hydrogen) atoms. The van der Waals surface area contributed by atoms with Crippen molar-refractivity contribution < 1.29 is 19.0 Å². The lowest BCUT2D eigenvalue weighted by Gasteiger charge is -2.13. The average molecular weight is 318 g/mol. The standard InChI is InChI=1S/C17H19FN2O3/c1-23-9-12(21)8-19-17(22)14-7-16(10-2-3-10)20-15-5-4-11(18)6-13(14)15/h4-7,10,12,21H,2-3,8-9H2,1H3,(H,19,22). The molecule has 1 aliphatic rings. The second-order valence-corrected chi connectivity index (χ2v) is 5.85. The van der Waals surface area contributed by atoms with Gasteiger partial charge in [0.2, 0.25) is 0 Å². The van der Waals surface area contributed by atoms with Crippen LogP contribution in [0.15, 0.2) is 24.3 Å². The molecule has 1 aliphatic carbocycles. The lowest BCUT2D eigenvalue weighted by atomic mass is 10.0. The Balaban J connectivity index is 1.90. The second-order valence-electron chi connectivity index (χ2n) is 5.85. The molecule has 1 aromatic heterocycles. The van der Waals surface area contributed by atoms with Crippen molar-refractivity contribution in [2.75, 3.05) is 20.3 Å². The van der Waals surface area contributed by atoms with Gasteiger partial charge < -0.3 is 15.2 Å². The summed E-state index contributed by atoms with van der Waals surface area (Å²) in [6.07, 6.45) is 1.34. The van der Waals surface area contributed by atoms with E-state index in [2.05, 4.69) is 10.3 Å². The first-order chi connectivity index (χ1) is 11.1. The molecule has 1 saturated carbocycles. The van der Waals surface area contributed by atoms with Crippen LogP contribution in [0.5, 0.6) is 0 Å². The van der Waals surface area contributed by atoms with E-state index >= 15 is 0 Å². The molecule has 1 heterocycles. The van der Waals surface area contributed by atoms with E-state index < -0.39 is 11.9 Å². The van der Waals surface area contributed by atoms with E-state index in [0.717, 1.165) is 18.5 Å². The van der Waals surface area contributed by atoms with Crippen LogP contribution >= 0.6 is 0 Å². The van der Waals surface area contributed by atoms with Gasteiger partial charge in [0.05, 0.1) is 23.8 Å². The summed E-state index contributed by atoms with van der Waals surface area (Å²) in [6.45, 7) is 0.212. The molecule has 1 unspecified atom stereocenters. The third-order valence-corrected chi connectivity index (χ3v) is 3.89. The Labute approximate surface area is 133 Å². The van der Waals surface area contributed by atoms with Crippen LogP contribution < -0.4 is 5.32 Å². The van der Waals surface area contributed by atoms with E-state index in [0.29, 0.717) is 22.4 Å². The van der Waals surface area contributed by atoms with Crippen LogP contribution in [-0.4, -0.2) is 42.4 Å². The number of aliphatic hydroxyl groups is 1. The molecule has 2 aromatic rings. The minimum Gasteiger partial charge on any atom is -0.389 e. The number of aromatic nitrogens is 1. The Bertz CT molecular complexity index is 731. The quantitative estimate of drug-likeness (QED) is 0.854. The number of carbonyl (C=O) groups is 1. The van der Waals surface area contributed by atoms with Crippen LogP contribution in [0.2, 0.25) is 0 Å². The Morgan fingerprint density at radius 3 is 2.96 bits per heavy atom. The van der Waals surface area contributed by atoms with Gasteiger partial charge in [-0.05, 0) is 37.1 Å². The lowest BCUT2D eigenvalue weighted by molar-refractivity contribution is 0.0610. The summed E-state index contributed by atoms with van der Waals surface area (Å²) in [4.78, 5) is 17.0. The highest BCUT2D eigenvalue weighted by Gasteiger charge is 2.27. The molecular formula is C17H19FN2O3. The lowest BCUT2D eigenvalue weighted by Crippen LogP contribution is -2.34. The van der Waals surface area contributed by atoms with Crippen molar-refractivity contribution in [1.29, 1.82) is 0 Å². The van der Waals surface area contributed by atoms with Gasteiger partial charge in [-0.1, -0.05) is 0 Å². The maximum atomic E-state index is 13.5. The molecule has 122 valence electrons. The fraction of sp³-hybridized carbons (Fsp3) is 0.412. The number of amides is 1. The fourth-order valence-corrected chi connectivity index (χ4v) is 2.55. The van der Waals surface area contributed by atoms with Crippen LogP contribution in [0.3, 0.4) is 0 Å². The summed E-state index contributed by atoms with van der Waals surface area (Å²) in [5.41, 5.74) is 1.87. The molecule has 2 N–H and O–H groups in total. The summed E-state index contributed by atoms with van der Waals surface area (Å²) < 4.78 is 18.4. The third-order valence-electron chi connectivity index (χ3n) is 3.89. The van der Waals surface area contributed by atoms with Gasteiger partial charge in [-0.25, -0.2) is 4.39 Å². The number of methoxy groups -OCH3 is 1. The number of aliphatic hydroxyl groups excluding tert-OH is 1. The number of benzene rings is 1.